The molecule has 5 nitrogen and oxygen atoms in total. The molecule has 0 fully saturated rings. The van der Waals surface area contributed by atoms with E-state index in [-0.39, 0.29) is 34.3 Å². The van der Waals surface area contributed by atoms with E-state index in [1.807, 2.05) is 0 Å². The molecule has 1 aromatic rings. The van der Waals surface area contributed by atoms with Crippen LogP contribution >= 0.6 is 23.2 Å². The van der Waals surface area contributed by atoms with Gasteiger partial charge in [0.05, 0.1) is 28.6 Å². The Morgan fingerprint density at radius 1 is 1.35 bits per heavy atom. The van der Waals surface area contributed by atoms with Crippen LogP contribution in [-0.4, -0.2) is 27.2 Å². The van der Waals surface area contributed by atoms with Gasteiger partial charge in [0.25, 0.3) is 0 Å². The van der Waals surface area contributed by atoms with E-state index in [1.165, 1.54) is 7.11 Å². The molecule has 0 saturated carbocycles. The first kappa shape index (κ1) is 17.0. The Morgan fingerprint density at radius 3 is 2.40 bits per heavy atom. The van der Waals surface area contributed by atoms with E-state index >= 15 is 0 Å². The minimum absolute atomic E-state index is 0.0255. The second-order valence-corrected chi connectivity index (χ2v) is 6.50. The van der Waals surface area contributed by atoms with Gasteiger partial charge in [0, 0.05) is 6.42 Å². The summed E-state index contributed by atoms with van der Waals surface area (Å²) in [6.07, 6.45) is 0.0563. The van der Waals surface area contributed by atoms with Crippen molar-refractivity contribution in [2.24, 2.45) is 0 Å². The van der Waals surface area contributed by atoms with Crippen molar-refractivity contribution in [3.8, 4) is 0 Å². The molecule has 0 spiro atoms. The van der Waals surface area contributed by atoms with Crippen molar-refractivity contribution in [3.05, 3.63) is 28.0 Å². The lowest BCUT2D eigenvalue weighted by atomic mass is 10.3. The smallest absolute Gasteiger partial charge is 0.305 e. The molecule has 0 radical (unpaired) electrons. The Morgan fingerprint density at radius 2 is 1.90 bits per heavy atom. The topological polar surface area (TPSA) is 72.5 Å². The molecule has 9 heteroatoms. The van der Waals surface area contributed by atoms with Crippen LogP contribution in [0.15, 0.2) is 12.1 Å². The molecule has 0 saturated heterocycles. The Balaban J connectivity index is 2.74. The lowest BCUT2D eigenvalue weighted by Crippen LogP contribution is -2.18. The standard InChI is InChI=1S/C11H12Cl2FNO4S/c1-19-10(16)3-2-4-20(17,18)15-11-8(12)5-7(14)6-9(11)13/h5-6,15H,2-4H2,1H3. The summed E-state index contributed by atoms with van der Waals surface area (Å²) in [4.78, 5) is 10.9. The molecule has 112 valence electrons. The SMILES string of the molecule is COC(=O)CCCS(=O)(=O)Nc1c(Cl)cc(F)cc1Cl. The second kappa shape index (κ2) is 7.10. The maximum atomic E-state index is 13.0. The number of rotatable bonds is 6. The first-order chi connectivity index (χ1) is 9.25. The van der Waals surface area contributed by atoms with E-state index in [2.05, 4.69) is 9.46 Å². The van der Waals surface area contributed by atoms with Gasteiger partial charge >= 0.3 is 5.97 Å². The van der Waals surface area contributed by atoms with Crippen molar-refractivity contribution < 1.29 is 22.3 Å². The predicted molar refractivity (Wildman–Crippen MR) is 75.1 cm³/mol. The number of esters is 1. The predicted octanol–water partition coefficient (Wildman–Crippen LogP) is 2.83. The van der Waals surface area contributed by atoms with Crippen molar-refractivity contribution in [2.45, 2.75) is 12.8 Å². The fourth-order valence-electron chi connectivity index (χ4n) is 1.35. The summed E-state index contributed by atoms with van der Waals surface area (Å²) in [6.45, 7) is 0. The zero-order chi connectivity index (χ0) is 15.3. The van der Waals surface area contributed by atoms with E-state index < -0.39 is 21.8 Å². The Bertz CT molecular complexity index is 583. The fraction of sp³-hybridized carbons (Fsp3) is 0.364. The molecule has 0 bridgehead atoms. The van der Waals surface area contributed by atoms with Gasteiger partial charge in [-0.2, -0.15) is 0 Å². The molecule has 0 aliphatic heterocycles. The van der Waals surface area contributed by atoms with Crippen LogP contribution in [-0.2, 0) is 19.6 Å². The molecule has 0 heterocycles. The molecule has 0 aliphatic rings. The van der Waals surface area contributed by atoms with Gasteiger partial charge in [-0.15, -0.1) is 0 Å². The Hall–Kier alpha value is -1.05. The zero-order valence-corrected chi connectivity index (χ0v) is 12.8. The van der Waals surface area contributed by atoms with Crippen molar-refractivity contribution in [3.63, 3.8) is 0 Å². The number of carbonyl (C=O) groups is 1. The normalized spacial score (nSPS) is 11.2. The summed E-state index contributed by atoms with van der Waals surface area (Å²) >= 11 is 11.4. The van der Waals surface area contributed by atoms with E-state index in [9.17, 15) is 17.6 Å². The van der Waals surface area contributed by atoms with Gasteiger partial charge in [-0.05, 0) is 18.6 Å². The first-order valence-electron chi connectivity index (χ1n) is 5.47. The average Bonchev–Trinajstić information content (AvgIpc) is 2.33. The molecule has 0 unspecified atom stereocenters. The minimum Gasteiger partial charge on any atom is -0.469 e. The molecule has 0 aliphatic carbocycles. The Kier molecular flexibility index (Phi) is 6.04. The molecule has 20 heavy (non-hydrogen) atoms. The summed E-state index contributed by atoms with van der Waals surface area (Å²) < 4.78 is 43.1. The summed E-state index contributed by atoms with van der Waals surface area (Å²) in [5, 5.41) is -0.293. The van der Waals surface area contributed by atoms with Crippen LogP contribution in [0.2, 0.25) is 10.0 Å². The van der Waals surface area contributed by atoms with E-state index in [1.54, 1.807) is 0 Å². The third-order valence-corrected chi connectivity index (χ3v) is 4.22. The number of methoxy groups -OCH3 is 1. The fourth-order valence-corrected chi connectivity index (χ4v) is 3.18. The van der Waals surface area contributed by atoms with Gasteiger partial charge in [-0.1, -0.05) is 23.2 Å². The number of hydrogen-bond donors (Lipinski definition) is 1. The van der Waals surface area contributed by atoms with Gasteiger partial charge in [0.1, 0.15) is 5.82 Å². The number of hydrogen-bond acceptors (Lipinski definition) is 4. The summed E-state index contributed by atoms with van der Waals surface area (Å²) in [5.74, 6) is -1.49. The highest BCUT2D eigenvalue weighted by atomic mass is 35.5. The lowest BCUT2D eigenvalue weighted by molar-refractivity contribution is -0.140. The van der Waals surface area contributed by atoms with Crippen molar-refractivity contribution in [2.75, 3.05) is 17.6 Å². The molecule has 0 aromatic heterocycles. The minimum atomic E-state index is -3.75. The maximum Gasteiger partial charge on any atom is 0.305 e. The van der Waals surface area contributed by atoms with Crippen molar-refractivity contribution >= 4 is 44.9 Å². The van der Waals surface area contributed by atoms with Gasteiger partial charge in [-0.3, -0.25) is 9.52 Å². The molecule has 0 amide bonds. The highest BCUT2D eigenvalue weighted by molar-refractivity contribution is 7.92. The number of carbonyl (C=O) groups excluding carboxylic acids is 1. The molecule has 1 aromatic carbocycles. The van der Waals surface area contributed by atoms with Gasteiger partial charge in [0.2, 0.25) is 10.0 Å². The van der Waals surface area contributed by atoms with Crippen LogP contribution in [0.5, 0.6) is 0 Å². The summed E-state index contributed by atoms with van der Waals surface area (Å²) in [7, 11) is -2.53. The molecule has 1 N–H and O–H groups in total. The second-order valence-electron chi connectivity index (χ2n) is 3.85. The number of sulfonamides is 1. The number of benzene rings is 1. The van der Waals surface area contributed by atoms with Crippen LogP contribution in [0, 0.1) is 5.82 Å². The Labute approximate surface area is 126 Å². The summed E-state index contributed by atoms with van der Waals surface area (Å²) in [5.41, 5.74) is -0.0900. The molecule has 0 atom stereocenters. The van der Waals surface area contributed by atoms with Crippen LogP contribution in [0.3, 0.4) is 0 Å². The zero-order valence-electron chi connectivity index (χ0n) is 10.5. The highest BCUT2D eigenvalue weighted by Crippen LogP contribution is 2.32. The quantitative estimate of drug-likeness (QED) is 0.806. The van der Waals surface area contributed by atoms with Crippen molar-refractivity contribution in [1.29, 1.82) is 0 Å². The highest BCUT2D eigenvalue weighted by Gasteiger charge is 2.17. The summed E-state index contributed by atoms with van der Waals surface area (Å²) in [6, 6.07) is 1.89. The van der Waals surface area contributed by atoms with Crippen LogP contribution in [0.25, 0.3) is 0 Å². The van der Waals surface area contributed by atoms with Crippen LogP contribution in [0.4, 0.5) is 10.1 Å². The van der Waals surface area contributed by atoms with Crippen molar-refractivity contribution in [1.82, 2.24) is 0 Å². The number of anilines is 1. The lowest BCUT2D eigenvalue weighted by Gasteiger charge is -2.11. The largest absolute Gasteiger partial charge is 0.469 e. The van der Waals surface area contributed by atoms with Crippen LogP contribution < -0.4 is 4.72 Å². The first-order valence-corrected chi connectivity index (χ1v) is 7.88. The third kappa shape index (κ3) is 5.15. The van der Waals surface area contributed by atoms with Gasteiger partial charge < -0.3 is 4.74 Å². The van der Waals surface area contributed by atoms with E-state index in [4.69, 9.17) is 23.2 Å². The van der Waals surface area contributed by atoms with E-state index in [0.717, 1.165) is 12.1 Å². The van der Waals surface area contributed by atoms with Crippen LogP contribution in [0.1, 0.15) is 12.8 Å². The molecule has 1 rings (SSSR count). The average molecular weight is 344 g/mol. The number of ether oxygens (including phenoxy) is 1. The van der Waals surface area contributed by atoms with Gasteiger partial charge in [-0.25, -0.2) is 12.8 Å². The third-order valence-electron chi connectivity index (χ3n) is 2.29. The van der Waals surface area contributed by atoms with E-state index in [0.29, 0.717) is 0 Å². The molecular formula is C11H12Cl2FNO4S. The number of halogens is 3. The number of nitrogens with one attached hydrogen (secondary N) is 1. The van der Waals surface area contributed by atoms with Gasteiger partial charge in [0.15, 0.2) is 0 Å². The maximum absolute atomic E-state index is 13.0. The molecular weight excluding hydrogens is 332 g/mol. The monoisotopic (exact) mass is 343 g/mol.